The van der Waals surface area contributed by atoms with E-state index in [1.807, 2.05) is 0 Å². The van der Waals surface area contributed by atoms with Crippen LogP contribution in [0.3, 0.4) is 0 Å². The molecule has 0 unspecified atom stereocenters. The number of ether oxygens (including phenoxy) is 2. The summed E-state index contributed by atoms with van der Waals surface area (Å²) in [5, 5.41) is 5.13. The molecule has 0 saturated carbocycles. The van der Waals surface area contributed by atoms with E-state index in [0.717, 1.165) is 0 Å². The molecule has 0 aromatic heterocycles. The van der Waals surface area contributed by atoms with Crippen molar-refractivity contribution in [3.8, 4) is 5.75 Å². The molecule has 7 nitrogen and oxygen atoms in total. The molecule has 0 spiro atoms. The van der Waals surface area contributed by atoms with E-state index in [2.05, 4.69) is 15.4 Å². The van der Waals surface area contributed by atoms with Gasteiger partial charge in [-0.15, -0.1) is 0 Å². The normalized spacial score (nSPS) is 11.5. The third kappa shape index (κ3) is 6.04. The monoisotopic (exact) mass is 392 g/mol. The number of hydrogen-bond acceptors (Lipinski definition) is 5. The third-order valence-corrected chi connectivity index (χ3v) is 3.45. The maximum absolute atomic E-state index is 12.4. The van der Waals surface area contributed by atoms with E-state index in [9.17, 15) is 23.2 Å². The zero-order chi connectivity index (χ0) is 20.7. The third-order valence-electron chi connectivity index (χ3n) is 3.45. The second-order valence-electron chi connectivity index (χ2n) is 5.67. The Morgan fingerprint density at radius 1 is 0.929 bits per heavy atom. The standard InChI is InChI=1S/C19H18F2N2O5/c1-11(17(25)23-14-9-7-13(8-10-14)22-12(2)24)27-18(26)15-5-3-4-6-16(15)28-19(20)21/h3-11,19H,1-2H3,(H,22,24)(H,23,25)/t11-/m1/s1. The highest BCUT2D eigenvalue weighted by Crippen LogP contribution is 2.22. The predicted octanol–water partition coefficient (Wildman–Crippen LogP) is 3.43. The Balaban J connectivity index is 1.98. The summed E-state index contributed by atoms with van der Waals surface area (Å²) in [4.78, 5) is 35.4. The summed E-state index contributed by atoms with van der Waals surface area (Å²) in [7, 11) is 0. The second kappa shape index (κ2) is 9.45. The van der Waals surface area contributed by atoms with Gasteiger partial charge in [0, 0.05) is 18.3 Å². The van der Waals surface area contributed by atoms with E-state index in [4.69, 9.17) is 4.74 Å². The van der Waals surface area contributed by atoms with Gasteiger partial charge in [0.05, 0.1) is 0 Å². The van der Waals surface area contributed by atoms with Gasteiger partial charge in [-0.25, -0.2) is 4.79 Å². The molecule has 0 aliphatic rings. The van der Waals surface area contributed by atoms with E-state index >= 15 is 0 Å². The highest BCUT2D eigenvalue weighted by atomic mass is 19.3. The van der Waals surface area contributed by atoms with Crippen LogP contribution in [0, 0.1) is 0 Å². The van der Waals surface area contributed by atoms with Crippen molar-refractivity contribution >= 4 is 29.2 Å². The number of carbonyl (C=O) groups is 3. The van der Waals surface area contributed by atoms with Crippen LogP contribution < -0.4 is 15.4 Å². The fourth-order valence-electron chi connectivity index (χ4n) is 2.20. The van der Waals surface area contributed by atoms with Gasteiger partial charge in [0.15, 0.2) is 6.10 Å². The molecule has 0 heterocycles. The number of alkyl halides is 2. The van der Waals surface area contributed by atoms with Crippen LogP contribution in [0.1, 0.15) is 24.2 Å². The maximum Gasteiger partial charge on any atom is 0.387 e. The number of rotatable bonds is 7. The molecule has 0 aliphatic carbocycles. The Labute approximate surface area is 159 Å². The summed E-state index contributed by atoms with van der Waals surface area (Å²) in [6.07, 6.45) is -1.19. The molecule has 148 valence electrons. The summed E-state index contributed by atoms with van der Waals surface area (Å²) in [5.74, 6) is -2.16. The van der Waals surface area contributed by atoms with Gasteiger partial charge in [-0.3, -0.25) is 9.59 Å². The molecule has 2 amide bonds. The number of amides is 2. The first-order valence-corrected chi connectivity index (χ1v) is 8.19. The van der Waals surface area contributed by atoms with Crippen molar-refractivity contribution in [2.45, 2.75) is 26.6 Å². The molecule has 0 aliphatic heterocycles. The summed E-state index contributed by atoms with van der Waals surface area (Å²) < 4.78 is 34.2. The molecule has 0 radical (unpaired) electrons. The van der Waals surface area contributed by atoms with E-state index in [-0.39, 0.29) is 17.2 Å². The number of esters is 1. The molecular weight excluding hydrogens is 374 g/mol. The molecular formula is C19H18F2N2O5. The van der Waals surface area contributed by atoms with E-state index in [1.165, 1.54) is 38.1 Å². The molecule has 28 heavy (non-hydrogen) atoms. The SMILES string of the molecule is CC(=O)Nc1ccc(NC(=O)[C@@H](C)OC(=O)c2ccccc2OC(F)F)cc1. The van der Waals surface area contributed by atoms with Crippen molar-refractivity contribution in [3.63, 3.8) is 0 Å². The summed E-state index contributed by atoms with van der Waals surface area (Å²) in [6, 6.07) is 11.6. The number of halogens is 2. The van der Waals surface area contributed by atoms with Gasteiger partial charge >= 0.3 is 12.6 Å². The first-order chi connectivity index (χ1) is 13.3. The lowest BCUT2D eigenvalue weighted by atomic mass is 10.2. The quantitative estimate of drug-likeness (QED) is 0.704. The average molecular weight is 392 g/mol. The lowest BCUT2D eigenvalue weighted by molar-refractivity contribution is -0.123. The number of para-hydroxylation sites is 1. The van der Waals surface area contributed by atoms with Gasteiger partial charge in [-0.05, 0) is 43.3 Å². The highest BCUT2D eigenvalue weighted by Gasteiger charge is 2.22. The van der Waals surface area contributed by atoms with Crippen molar-refractivity contribution in [3.05, 3.63) is 54.1 Å². The minimum Gasteiger partial charge on any atom is -0.449 e. The Hall–Kier alpha value is -3.49. The average Bonchev–Trinajstić information content (AvgIpc) is 2.62. The van der Waals surface area contributed by atoms with Crippen LogP contribution in [-0.4, -0.2) is 30.5 Å². The number of hydrogen-bond donors (Lipinski definition) is 2. The summed E-state index contributed by atoms with van der Waals surface area (Å²) in [6.45, 7) is -0.388. The zero-order valence-corrected chi connectivity index (χ0v) is 15.1. The second-order valence-corrected chi connectivity index (χ2v) is 5.67. The summed E-state index contributed by atoms with van der Waals surface area (Å²) in [5.41, 5.74) is 0.756. The molecule has 2 aromatic carbocycles. The van der Waals surface area contributed by atoms with Crippen LogP contribution >= 0.6 is 0 Å². The van der Waals surface area contributed by atoms with Gasteiger partial charge in [0.25, 0.3) is 5.91 Å². The fourth-order valence-corrected chi connectivity index (χ4v) is 2.20. The van der Waals surface area contributed by atoms with Crippen LogP contribution in [0.5, 0.6) is 5.75 Å². The Kier molecular flexibility index (Phi) is 7.02. The van der Waals surface area contributed by atoms with Crippen LogP contribution in [0.15, 0.2) is 48.5 Å². The van der Waals surface area contributed by atoms with Gasteiger partial charge in [-0.1, -0.05) is 12.1 Å². The van der Waals surface area contributed by atoms with Crippen molar-refractivity contribution in [2.24, 2.45) is 0 Å². The maximum atomic E-state index is 12.4. The van der Waals surface area contributed by atoms with Gasteiger partial charge in [-0.2, -0.15) is 8.78 Å². The Morgan fingerprint density at radius 3 is 2.07 bits per heavy atom. The lowest BCUT2D eigenvalue weighted by Gasteiger charge is -2.15. The van der Waals surface area contributed by atoms with Crippen molar-refractivity contribution in [2.75, 3.05) is 10.6 Å². The van der Waals surface area contributed by atoms with Crippen LogP contribution in [0.2, 0.25) is 0 Å². The number of benzene rings is 2. The smallest absolute Gasteiger partial charge is 0.387 e. The van der Waals surface area contributed by atoms with Gasteiger partial charge in [0.1, 0.15) is 11.3 Å². The first kappa shape index (κ1) is 20.8. The predicted molar refractivity (Wildman–Crippen MR) is 97.3 cm³/mol. The van der Waals surface area contributed by atoms with Crippen molar-refractivity contribution in [1.82, 2.24) is 0 Å². The lowest BCUT2D eigenvalue weighted by Crippen LogP contribution is -2.30. The molecule has 0 saturated heterocycles. The van der Waals surface area contributed by atoms with Gasteiger partial charge < -0.3 is 20.1 Å². The van der Waals surface area contributed by atoms with Crippen molar-refractivity contribution in [1.29, 1.82) is 0 Å². The molecule has 0 fully saturated rings. The largest absolute Gasteiger partial charge is 0.449 e. The van der Waals surface area contributed by atoms with E-state index in [0.29, 0.717) is 11.4 Å². The minimum absolute atomic E-state index is 0.220. The first-order valence-electron chi connectivity index (χ1n) is 8.19. The molecule has 0 bridgehead atoms. The topological polar surface area (TPSA) is 93.7 Å². The van der Waals surface area contributed by atoms with Crippen molar-refractivity contribution < 1.29 is 32.6 Å². The zero-order valence-electron chi connectivity index (χ0n) is 15.1. The van der Waals surface area contributed by atoms with E-state index in [1.54, 1.807) is 24.3 Å². The Bertz CT molecular complexity index is 856. The highest BCUT2D eigenvalue weighted by molar-refractivity contribution is 5.98. The van der Waals surface area contributed by atoms with Crippen LogP contribution in [0.25, 0.3) is 0 Å². The number of anilines is 2. The molecule has 2 rings (SSSR count). The number of nitrogens with one attached hydrogen (secondary N) is 2. The molecule has 2 aromatic rings. The van der Waals surface area contributed by atoms with Gasteiger partial charge in [0.2, 0.25) is 5.91 Å². The molecule has 1 atom stereocenters. The van der Waals surface area contributed by atoms with Crippen LogP contribution in [0.4, 0.5) is 20.2 Å². The van der Waals surface area contributed by atoms with Crippen LogP contribution in [-0.2, 0) is 14.3 Å². The fraction of sp³-hybridized carbons (Fsp3) is 0.211. The minimum atomic E-state index is -3.10. The molecule has 2 N–H and O–H groups in total. The Morgan fingerprint density at radius 2 is 1.50 bits per heavy atom. The van der Waals surface area contributed by atoms with E-state index < -0.39 is 24.6 Å². The number of carbonyl (C=O) groups excluding carboxylic acids is 3. The summed E-state index contributed by atoms with van der Waals surface area (Å²) >= 11 is 0. The molecule has 9 heteroatoms.